The summed E-state index contributed by atoms with van der Waals surface area (Å²) in [6, 6.07) is 16.0. The van der Waals surface area contributed by atoms with Gasteiger partial charge in [0.25, 0.3) is 0 Å². The number of carboxylic acid groups (broad SMARTS) is 1. The molecule has 2 aromatic carbocycles. The van der Waals surface area contributed by atoms with Crippen LogP contribution in [0.2, 0.25) is 5.02 Å². The minimum atomic E-state index is -1.08. The molecular weight excluding hydrogens is 746 g/mol. The van der Waals surface area contributed by atoms with Gasteiger partial charge in [0, 0.05) is 40.1 Å². The fourth-order valence-corrected chi connectivity index (χ4v) is 13.4. The highest BCUT2D eigenvalue weighted by Crippen LogP contribution is 2.58. The van der Waals surface area contributed by atoms with Crippen LogP contribution in [0.5, 0.6) is 11.5 Å². The third kappa shape index (κ3) is 7.84. The molecule has 0 unspecified atom stereocenters. The summed E-state index contributed by atoms with van der Waals surface area (Å²) in [5, 5.41) is 18.2. The number of fused-ring (bicyclic) bond motifs is 3. The van der Waals surface area contributed by atoms with Crippen molar-refractivity contribution in [3.8, 4) is 11.5 Å². The fraction of sp³-hybridized carbons (Fsp3) is 0.612. The number of benzene rings is 2. The lowest BCUT2D eigenvalue weighted by Gasteiger charge is -2.56. The number of amides is 1. The zero-order valence-electron chi connectivity index (χ0n) is 34.5. The lowest BCUT2D eigenvalue weighted by atomic mass is 9.53. The lowest BCUT2D eigenvalue weighted by molar-refractivity contribution is -0.144. The largest absolute Gasteiger partial charge is 0.494 e. The number of hydrogen-bond acceptors (Lipinski definition) is 6. The van der Waals surface area contributed by atoms with Gasteiger partial charge in [-0.25, -0.2) is 4.79 Å². The minimum Gasteiger partial charge on any atom is -0.494 e. The second kappa shape index (κ2) is 16.0. The van der Waals surface area contributed by atoms with Gasteiger partial charge < -0.3 is 25.2 Å². The van der Waals surface area contributed by atoms with Crippen LogP contribution in [0.15, 0.2) is 54.7 Å². The Bertz CT molecular complexity index is 1970. The minimum absolute atomic E-state index is 0.0417. The molecule has 1 aromatic heterocycles. The maximum Gasteiger partial charge on any atom is 0.329 e. The molecule has 3 N–H and O–H groups in total. The average molecular weight is 809 g/mol. The van der Waals surface area contributed by atoms with Crippen LogP contribution in [0.3, 0.4) is 0 Å². The molecule has 0 saturated heterocycles. The van der Waals surface area contributed by atoms with E-state index < -0.39 is 11.5 Å². The molecule has 4 bridgehead atoms. The molecule has 1 heterocycles. The Labute approximate surface area is 349 Å². The highest BCUT2D eigenvalue weighted by atomic mass is 35.5. The molecule has 8 nitrogen and oxygen atoms in total. The number of anilines is 1. The van der Waals surface area contributed by atoms with Gasteiger partial charge in [-0.15, -0.1) is 0 Å². The Morgan fingerprint density at radius 2 is 1.74 bits per heavy atom. The number of nitrogens with zero attached hydrogens (tertiary/aromatic N) is 1. The van der Waals surface area contributed by atoms with Crippen LogP contribution >= 0.6 is 11.6 Å². The predicted molar refractivity (Wildman–Crippen MR) is 228 cm³/mol. The van der Waals surface area contributed by atoms with Crippen LogP contribution in [0, 0.1) is 29.6 Å². The van der Waals surface area contributed by atoms with E-state index in [2.05, 4.69) is 47.7 Å². The quantitative estimate of drug-likeness (QED) is 0.139. The fourth-order valence-electron chi connectivity index (χ4n) is 13.2. The third-order valence-electron chi connectivity index (χ3n) is 15.5. The highest BCUT2D eigenvalue weighted by Gasteiger charge is 2.55. The van der Waals surface area contributed by atoms with Crippen LogP contribution in [0.4, 0.5) is 5.69 Å². The number of nitrogens with one attached hydrogen (secondary N) is 2. The van der Waals surface area contributed by atoms with Gasteiger partial charge in [0.15, 0.2) is 0 Å². The summed E-state index contributed by atoms with van der Waals surface area (Å²) in [7, 11) is 0. The van der Waals surface area contributed by atoms with Crippen molar-refractivity contribution in [2.75, 3.05) is 18.5 Å². The summed E-state index contributed by atoms with van der Waals surface area (Å²) < 4.78 is 13.0. The number of halogens is 1. The molecule has 3 aromatic rings. The monoisotopic (exact) mass is 807 g/mol. The maximum absolute atomic E-state index is 13.2. The first-order valence-corrected chi connectivity index (χ1v) is 22.8. The number of aliphatic carboxylic acids is 1. The van der Waals surface area contributed by atoms with Crippen molar-refractivity contribution >= 4 is 29.2 Å². The molecule has 3 atom stereocenters. The van der Waals surface area contributed by atoms with E-state index in [0.29, 0.717) is 61.7 Å². The third-order valence-corrected chi connectivity index (χ3v) is 15.8. The molecule has 7 aliphatic carbocycles. The molecule has 1 amide bonds. The van der Waals surface area contributed by atoms with E-state index in [-0.39, 0.29) is 16.9 Å². The van der Waals surface area contributed by atoms with Gasteiger partial charge in [-0.1, -0.05) is 37.6 Å². The van der Waals surface area contributed by atoms with E-state index in [9.17, 15) is 14.7 Å². The molecule has 0 radical (unpaired) electrons. The number of hydrogen-bond donors (Lipinski definition) is 3. The van der Waals surface area contributed by atoms with Gasteiger partial charge in [0.05, 0.1) is 13.2 Å². The number of aryl methyl sites for hydroxylation is 1. The highest BCUT2D eigenvalue weighted by molar-refractivity contribution is 6.30. The topological polar surface area (TPSA) is 110 Å². The van der Waals surface area contributed by atoms with Crippen LogP contribution in [-0.4, -0.2) is 46.3 Å². The number of ether oxygens (including phenoxy) is 2. The van der Waals surface area contributed by atoms with Crippen LogP contribution < -0.4 is 20.1 Å². The van der Waals surface area contributed by atoms with Crippen molar-refractivity contribution in [3.05, 3.63) is 82.1 Å². The molecule has 5 fully saturated rings. The first-order chi connectivity index (χ1) is 28.0. The molecule has 7 aliphatic rings. The predicted octanol–water partition coefficient (Wildman–Crippen LogP) is 10.4. The van der Waals surface area contributed by atoms with E-state index in [4.69, 9.17) is 21.1 Å². The Morgan fingerprint density at radius 1 is 0.983 bits per heavy atom. The van der Waals surface area contributed by atoms with Gasteiger partial charge in [0.2, 0.25) is 5.91 Å². The molecule has 1 spiro atoms. The summed E-state index contributed by atoms with van der Waals surface area (Å²) in [6.07, 6.45) is 18.5. The van der Waals surface area contributed by atoms with E-state index in [0.717, 1.165) is 67.0 Å². The maximum atomic E-state index is 13.2. The van der Waals surface area contributed by atoms with Crippen molar-refractivity contribution in [3.63, 3.8) is 0 Å². The number of carbonyl (C=O) groups is 2. The van der Waals surface area contributed by atoms with Crippen molar-refractivity contribution in [2.24, 2.45) is 29.6 Å². The Kier molecular flexibility index (Phi) is 10.9. The number of rotatable bonds is 14. The zero-order chi connectivity index (χ0) is 40.1. The summed E-state index contributed by atoms with van der Waals surface area (Å²) in [6.45, 7) is 5.70. The SMILES string of the molecule is C[C@@H](COc1ccnc2c1[C@H](C)CCC2)C[C@H]1Cc2ccc(OCCCC(=O)NC34CC5CC(CC(C5)C3)C4)cc2C12CCC(Nc1cccc(Cl)c1)(C(=O)O)CC2. The molecule has 0 aliphatic heterocycles. The first kappa shape index (κ1) is 39.7. The van der Waals surface area contributed by atoms with Gasteiger partial charge in [-0.05, 0) is 191 Å². The van der Waals surface area contributed by atoms with Crippen molar-refractivity contribution < 1.29 is 24.2 Å². The second-order valence-corrected chi connectivity index (χ2v) is 20.1. The van der Waals surface area contributed by atoms with Crippen molar-refractivity contribution in [1.82, 2.24) is 10.3 Å². The van der Waals surface area contributed by atoms with Gasteiger partial charge in [-0.2, -0.15) is 0 Å². The molecule has 5 saturated carbocycles. The van der Waals surface area contributed by atoms with Gasteiger partial charge >= 0.3 is 5.97 Å². The Hall–Kier alpha value is -3.78. The van der Waals surface area contributed by atoms with Crippen LogP contribution in [0.1, 0.15) is 138 Å². The summed E-state index contributed by atoms with van der Waals surface area (Å²) in [5.74, 6) is 4.68. The number of pyridine rings is 1. The molecule has 58 heavy (non-hydrogen) atoms. The molecule has 9 heteroatoms. The Balaban J connectivity index is 0.886. The standard InChI is InChI=1S/C49H62ClN3O5/c1-31(30-58-43-13-18-51-42-9-3-6-32(2)45(42)43)20-37-24-36-11-12-40(57-19-5-10-44(54)53-47-27-33-21-34(28-47)23-35(22-33)29-47)26-41(36)48(37)14-16-49(17-15-48,46(55)56)52-39-8-4-7-38(50)25-39/h4,7-8,11-13,18,25-26,31-35,37,52H,3,5-6,9-10,14-17,19-24,27-30H2,1-2H3,(H,53,54)(H,55,56)/t31-,32-,33?,34?,35?,37+,47?,48?,49?/m1/s1. The van der Waals surface area contributed by atoms with Crippen LogP contribution in [0.25, 0.3) is 0 Å². The van der Waals surface area contributed by atoms with E-state index in [1.165, 1.54) is 73.8 Å². The second-order valence-electron chi connectivity index (χ2n) is 19.7. The molecule has 10 rings (SSSR count). The summed E-state index contributed by atoms with van der Waals surface area (Å²) in [5.41, 5.74) is 4.62. The van der Waals surface area contributed by atoms with Gasteiger partial charge in [-0.3, -0.25) is 9.78 Å². The molecular formula is C49H62ClN3O5. The van der Waals surface area contributed by atoms with E-state index >= 15 is 0 Å². The Morgan fingerprint density at radius 3 is 2.47 bits per heavy atom. The first-order valence-electron chi connectivity index (χ1n) is 22.5. The molecule has 310 valence electrons. The average Bonchev–Trinajstić information content (AvgIpc) is 3.47. The van der Waals surface area contributed by atoms with Crippen molar-refractivity contribution in [1.29, 1.82) is 0 Å². The lowest BCUT2D eigenvalue weighted by Crippen LogP contribution is -2.59. The van der Waals surface area contributed by atoms with Gasteiger partial charge in [0.1, 0.15) is 17.0 Å². The van der Waals surface area contributed by atoms with E-state index in [1.807, 2.05) is 36.5 Å². The number of aromatic nitrogens is 1. The normalized spacial score (nSPS) is 32.3. The van der Waals surface area contributed by atoms with Crippen molar-refractivity contribution in [2.45, 2.75) is 145 Å². The number of carbonyl (C=O) groups excluding carboxylic acids is 1. The number of carboxylic acids is 1. The summed E-state index contributed by atoms with van der Waals surface area (Å²) in [4.78, 5) is 31.0. The van der Waals surface area contributed by atoms with Crippen LogP contribution in [-0.2, 0) is 27.8 Å². The smallest absolute Gasteiger partial charge is 0.329 e. The summed E-state index contributed by atoms with van der Waals surface area (Å²) >= 11 is 6.32. The zero-order valence-corrected chi connectivity index (χ0v) is 35.3. The van der Waals surface area contributed by atoms with E-state index in [1.54, 1.807) is 0 Å².